The average molecular weight is 350 g/mol. The van der Waals surface area contributed by atoms with Gasteiger partial charge in [0.1, 0.15) is 0 Å². The molecule has 0 radical (unpaired) electrons. The summed E-state index contributed by atoms with van der Waals surface area (Å²) in [4.78, 5) is 31.7. The van der Waals surface area contributed by atoms with Crippen molar-refractivity contribution in [2.45, 2.75) is 17.9 Å². The van der Waals surface area contributed by atoms with Gasteiger partial charge in [-0.25, -0.2) is 10.2 Å². The topological polar surface area (TPSA) is 124 Å². The van der Waals surface area contributed by atoms with Crippen molar-refractivity contribution in [3.8, 4) is 0 Å². The van der Waals surface area contributed by atoms with Crippen molar-refractivity contribution in [3.05, 3.63) is 34.3 Å². The van der Waals surface area contributed by atoms with Gasteiger partial charge in [0.25, 0.3) is 4.95 Å². The van der Waals surface area contributed by atoms with Crippen molar-refractivity contribution in [1.29, 1.82) is 0 Å². The van der Waals surface area contributed by atoms with Gasteiger partial charge in [-0.05, 0) is 35.0 Å². The number of ether oxygens (including phenoxy) is 1. The van der Waals surface area contributed by atoms with Gasteiger partial charge in [0, 0.05) is 4.92 Å². The standard InChI is InChI=1S/C10H12BrN3O6/c1-2-19-10(16)7(8(11)14(17)18)12-13-9(15)6-4-3-5-20-6/h3-5,7-8,12H,2H2,1H3,(H,13,15). The van der Waals surface area contributed by atoms with Crippen LogP contribution in [0.5, 0.6) is 0 Å². The Bertz CT molecular complexity index is 477. The Kier molecular flexibility index (Phi) is 6.12. The molecule has 2 atom stereocenters. The van der Waals surface area contributed by atoms with E-state index in [1.54, 1.807) is 6.92 Å². The number of halogens is 1. The van der Waals surface area contributed by atoms with Crippen molar-refractivity contribution in [3.63, 3.8) is 0 Å². The molecule has 0 spiro atoms. The molecule has 2 unspecified atom stereocenters. The van der Waals surface area contributed by atoms with Crippen molar-refractivity contribution in [1.82, 2.24) is 10.9 Å². The molecule has 0 aliphatic rings. The Labute approximate surface area is 121 Å². The lowest BCUT2D eigenvalue weighted by Crippen LogP contribution is -2.54. The van der Waals surface area contributed by atoms with Crippen molar-refractivity contribution < 1.29 is 23.7 Å². The monoisotopic (exact) mass is 349 g/mol. The molecule has 2 N–H and O–H groups in total. The highest BCUT2D eigenvalue weighted by Gasteiger charge is 2.36. The molecular formula is C10H12BrN3O6. The van der Waals surface area contributed by atoms with Crippen LogP contribution in [0.1, 0.15) is 17.5 Å². The number of carbonyl (C=O) groups is 2. The molecule has 1 heterocycles. The van der Waals surface area contributed by atoms with E-state index in [0.717, 1.165) is 0 Å². The molecule has 0 aromatic carbocycles. The second kappa shape index (κ2) is 7.60. The number of carbonyl (C=O) groups excluding carboxylic acids is 2. The minimum Gasteiger partial charge on any atom is -0.465 e. The summed E-state index contributed by atoms with van der Waals surface area (Å²) >= 11 is 2.74. The Morgan fingerprint density at radius 2 is 2.30 bits per heavy atom. The molecular weight excluding hydrogens is 338 g/mol. The molecule has 0 saturated heterocycles. The number of nitro groups is 1. The quantitative estimate of drug-likeness (QED) is 0.240. The van der Waals surface area contributed by atoms with Gasteiger partial charge in [0.2, 0.25) is 6.04 Å². The van der Waals surface area contributed by atoms with Crippen LogP contribution in [0, 0.1) is 10.1 Å². The maximum Gasteiger partial charge on any atom is 0.333 e. The lowest BCUT2D eigenvalue weighted by Gasteiger charge is -2.17. The second-order valence-corrected chi connectivity index (χ2v) is 4.40. The van der Waals surface area contributed by atoms with Crippen molar-refractivity contribution in [2.24, 2.45) is 0 Å². The lowest BCUT2D eigenvalue weighted by atomic mass is 10.3. The molecule has 1 rings (SSSR count). The number of hydrogen-bond acceptors (Lipinski definition) is 7. The number of alkyl halides is 1. The molecule has 0 aliphatic carbocycles. The summed E-state index contributed by atoms with van der Waals surface area (Å²) in [7, 11) is 0. The van der Waals surface area contributed by atoms with Gasteiger partial charge in [0.05, 0.1) is 12.9 Å². The lowest BCUT2D eigenvalue weighted by molar-refractivity contribution is -0.495. The van der Waals surface area contributed by atoms with Gasteiger partial charge in [0.15, 0.2) is 5.76 Å². The number of esters is 1. The summed E-state index contributed by atoms with van der Waals surface area (Å²) in [6.45, 7) is 1.62. The second-order valence-electron chi connectivity index (χ2n) is 3.46. The molecule has 9 nitrogen and oxygen atoms in total. The zero-order valence-corrected chi connectivity index (χ0v) is 12.0. The summed E-state index contributed by atoms with van der Waals surface area (Å²) in [5.41, 5.74) is 4.39. The molecule has 0 aliphatic heterocycles. The highest BCUT2D eigenvalue weighted by Crippen LogP contribution is 2.08. The van der Waals surface area contributed by atoms with Crippen LogP contribution in [-0.4, -0.2) is 34.4 Å². The van der Waals surface area contributed by atoms with Gasteiger partial charge in [-0.1, -0.05) is 0 Å². The molecule has 0 saturated carbocycles. The van der Waals surface area contributed by atoms with Crippen LogP contribution in [0.2, 0.25) is 0 Å². The van der Waals surface area contributed by atoms with Crippen LogP contribution in [0.4, 0.5) is 0 Å². The first kappa shape index (κ1) is 16.1. The normalized spacial score (nSPS) is 13.3. The minimum atomic E-state index is -1.46. The number of amides is 1. The molecule has 110 valence electrons. The van der Waals surface area contributed by atoms with Crippen LogP contribution < -0.4 is 10.9 Å². The number of hydrogen-bond donors (Lipinski definition) is 2. The van der Waals surface area contributed by atoms with Gasteiger partial charge in [-0.3, -0.25) is 20.3 Å². The smallest absolute Gasteiger partial charge is 0.333 e. The fourth-order valence-electron chi connectivity index (χ4n) is 1.21. The predicted octanol–water partition coefficient (Wildman–Crippen LogP) is 0.443. The van der Waals surface area contributed by atoms with E-state index in [1.807, 2.05) is 0 Å². The minimum absolute atomic E-state index is 0.00710. The fraction of sp³-hybridized carbons (Fsp3) is 0.400. The van der Waals surface area contributed by atoms with Crippen molar-refractivity contribution in [2.75, 3.05) is 6.61 Å². The predicted molar refractivity (Wildman–Crippen MR) is 69.4 cm³/mol. The number of nitrogens with one attached hydrogen (secondary N) is 2. The zero-order chi connectivity index (χ0) is 15.1. The van der Waals surface area contributed by atoms with E-state index in [1.165, 1.54) is 18.4 Å². The summed E-state index contributed by atoms with van der Waals surface area (Å²) in [5, 5.41) is 10.7. The largest absolute Gasteiger partial charge is 0.465 e. The SMILES string of the molecule is CCOC(=O)C(NNC(=O)c1ccco1)C(Br)[N+](=O)[O-]. The first-order chi connectivity index (χ1) is 9.47. The summed E-state index contributed by atoms with van der Waals surface area (Å²) in [6, 6.07) is 1.52. The Morgan fingerprint density at radius 1 is 1.60 bits per heavy atom. The third-order valence-corrected chi connectivity index (χ3v) is 2.97. The maximum atomic E-state index is 11.6. The Morgan fingerprint density at radius 3 is 2.80 bits per heavy atom. The van der Waals surface area contributed by atoms with Crippen LogP contribution >= 0.6 is 15.9 Å². The van der Waals surface area contributed by atoms with Crippen LogP contribution in [0.3, 0.4) is 0 Å². The molecule has 10 heteroatoms. The molecule has 1 aromatic rings. The van der Waals surface area contributed by atoms with Crippen LogP contribution in [0.25, 0.3) is 0 Å². The highest BCUT2D eigenvalue weighted by atomic mass is 79.9. The first-order valence-corrected chi connectivity index (χ1v) is 6.42. The molecule has 0 bridgehead atoms. The number of nitrogens with zero attached hydrogens (tertiary/aromatic N) is 1. The number of furan rings is 1. The summed E-state index contributed by atoms with van der Waals surface area (Å²) < 4.78 is 9.52. The molecule has 20 heavy (non-hydrogen) atoms. The Balaban J connectivity index is 2.67. The number of hydrazine groups is 1. The van der Waals surface area contributed by atoms with Gasteiger partial charge >= 0.3 is 11.9 Å². The number of rotatable bonds is 7. The summed E-state index contributed by atoms with van der Waals surface area (Å²) in [6.07, 6.45) is 1.29. The average Bonchev–Trinajstić information content (AvgIpc) is 2.92. The Hall–Kier alpha value is -1.94. The van der Waals surface area contributed by atoms with E-state index in [0.29, 0.717) is 0 Å². The van der Waals surface area contributed by atoms with E-state index in [9.17, 15) is 19.7 Å². The third kappa shape index (κ3) is 4.31. The fourth-order valence-corrected chi connectivity index (χ4v) is 1.55. The highest BCUT2D eigenvalue weighted by molar-refractivity contribution is 9.09. The van der Waals surface area contributed by atoms with E-state index in [4.69, 9.17) is 4.42 Å². The molecule has 1 aromatic heterocycles. The maximum absolute atomic E-state index is 11.6. The molecule has 0 fully saturated rings. The van der Waals surface area contributed by atoms with Crippen LogP contribution in [0.15, 0.2) is 22.8 Å². The summed E-state index contributed by atoms with van der Waals surface area (Å²) in [5.74, 6) is -1.55. The zero-order valence-electron chi connectivity index (χ0n) is 10.4. The third-order valence-electron chi connectivity index (χ3n) is 2.10. The van der Waals surface area contributed by atoms with Crippen LogP contribution in [-0.2, 0) is 9.53 Å². The van der Waals surface area contributed by atoms with Gasteiger partial charge in [-0.15, -0.1) is 0 Å². The first-order valence-electron chi connectivity index (χ1n) is 5.51. The van der Waals surface area contributed by atoms with Gasteiger partial charge < -0.3 is 9.15 Å². The van der Waals surface area contributed by atoms with E-state index < -0.39 is 27.8 Å². The van der Waals surface area contributed by atoms with E-state index in [2.05, 4.69) is 31.5 Å². The van der Waals surface area contributed by atoms with Gasteiger partial charge in [-0.2, -0.15) is 0 Å². The van der Waals surface area contributed by atoms with E-state index >= 15 is 0 Å². The van der Waals surface area contributed by atoms with Crippen molar-refractivity contribution >= 4 is 27.8 Å². The van der Waals surface area contributed by atoms with E-state index in [-0.39, 0.29) is 12.4 Å². The molecule has 1 amide bonds.